The maximum Gasteiger partial charge on any atom is 0.253 e. The number of carbonyl (C=O) groups is 2. The predicted octanol–water partition coefficient (Wildman–Crippen LogP) is 2.17. The van der Waals surface area contributed by atoms with Crippen molar-refractivity contribution in [3.05, 3.63) is 64.9 Å². The SMILES string of the molecule is C[C@H](NC(=O)c1ccccc1Cl)C(=O)NCc1ccccn1. The van der Waals surface area contributed by atoms with Gasteiger partial charge in [0.05, 0.1) is 22.8 Å². The van der Waals surface area contributed by atoms with Crippen molar-refractivity contribution in [2.24, 2.45) is 0 Å². The first kappa shape index (κ1) is 16.0. The second-order valence-corrected chi connectivity index (χ2v) is 5.12. The number of amides is 2. The van der Waals surface area contributed by atoms with E-state index in [2.05, 4.69) is 15.6 Å². The number of hydrogen-bond donors (Lipinski definition) is 2. The van der Waals surface area contributed by atoms with E-state index in [1.54, 1.807) is 43.5 Å². The van der Waals surface area contributed by atoms with Crippen LogP contribution in [0.25, 0.3) is 0 Å². The van der Waals surface area contributed by atoms with Crippen molar-refractivity contribution in [2.75, 3.05) is 0 Å². The molecule has 0 bridgehead atoms. The molecule has 114 valence electrons. The quantitative estimate of drug-likeness (QED) is 0.888. The van der Waals surface area contributed by atoms with Gasteiger partial charge in [-0.05, 0) is 31.2 Å². The van der Waals surface area contributed by atoms with Crippen LogP contribution in [0.5, 0.6) is 0 Å². The van der Waals surface area contributed by atoms with E-state index in [1.165, 1.54) is 0 Å². The molecular weight excluding hydrogens is 302 g/mol. The molecular formula is C16H16ClN3O2. The van der Waals surface area contributed by atoms with E-state index in [-0.39, 0.29) is 11.8 Å². The zero-order chi connectivity index (χ0) is 15.9. The molecule has 0 unspecified atom stereocenters. The fourth-order valence-electron chi connectivity index (χ4n) is 1.82. The van der Waals surface area contributed by atoms with Gasteiger partial charge in [0.25, 0.3) is 5.91 Å². The van der Waals surface area contributed by atoms with Gasteiger partial charge in [0.2, 0.25) is 5.91 Å². The van der Waals surface area contributed by atoms with Crippen LogP contribution in [0.4, 0.5) is 0 Å². The third-order valence-corrected chi connectivity index (χ3v) is 3.36. The fourth-order valence-corrected chi connectivity index (χ4v) is 2.04. The van der Waals surface area contributed by atoms with Crippen molar-refractivity contribution in [3.8, 4) is 0 Å². The number of hydrogen-bond acceptors (Lipinski definition) is 3. The van der Waals surface area contributed by atoms with Gasteiger partial charge >= 0.3 is 0 Å². The number of rotatable bonds is 5. The van der Waals surface area contributed by atoms with Crippen LogP contribution in [0.2, 0.25) is 5.02 Å². The first-order valence-electron chi connectivity index (χ1n) is 6.81. The monoisotopic (exact) mass is 317 g/mol. The lowest BCUT2D eigenvalue weighted by Gasteiger charge is -2.14. The summed E-state index contributed by atoms with van der Waals surface area (Å²) in [6.45, 7) is 1.93. The van der Waals surface area contributed by atoms with Crippen LogP contribution < -0.4 is 10.6 Å². The van der Waals surface area contributed by atoms with Crippen LogP contribution in [-0.2, 0) is 11.3 Å². The smallest absolute Gasteiger partial charge is 0.253 e. The Kier molecular flexibility index (Phi) is 5.49. The normalized spacial score (nSPS) is 11.5. The molecule has 1 atom stereocenters. The van der Waals surface area contributed by atoms with Gasteiger partial charge in [0.15, 0.2) is 0 Å². The van der Waals surface area contributed by atoms with Crippen LogP contribution >= 0.6 is 11.6 Å². The Morgan fingerprint density at radius 1 is 1.18 bits per heavy atom. The highest BCUT2D eigenvalue weighted by atomic mass is 35.5. The van der Waals surface area contributed by atoms with E-state index in [1.807, 2.05) is 12.1 Å². The molecule has 1 heterocycles. The van der Waals surface area contributed by atoms with Gasteiger partial charge in [-0.2, -0.15) is 0 Å². The van der Waals surface area contributed by atoms with E-state index < -0.39 is 6.04 Å². The largest absolute Gasteiger partial charge is 0.349 e. The lowest BCUT2D eigenvalue weighted by Crippen LogP contribution is -2.44. The first-order valence-corrected chi connectivity index (χ1v) is 7.18. The van der Waals surface area contributed by atoms with Crippen LogP contribution in [-0.4, -0.2) is 22.8 Å². The maximum atomic E-state index is 12.1. The molecule has 2 N–H and O–H groups in total. The highest BCUT2D eigenvalue weighted by molar-refractivity contribution is 6.33. The van der Waals surface area contributed by atoms with Gasteiger partial charge in [0, 0.05) is 6.20 Å². The molecule has 1 aromatic carbocycles. The van der Waals surface area contributed by atoms with Crippen LogP contribution in [0.3, 0.4) is 0 Å². The third kappa shape index (κ3) is 4.30. The summed E-state index contributed by atoms with van der Waals surface area (Å²) in [4.78, 5) is 28.2. The molecule has 0 radical (unpaired) electrons. The Balaban J connectivity index is 1.89. The molecule has 0 fully saturated rings. The van der Waals surface area contributed by atoms with Crippen LogP contribution in [0.1, 0.15) is 23.0 Å². The molecule has 5 nitrogen and oxygen atoms in total. The predicted molar refractivity (Wildman–Crippen MR) is 84.5 cm³/mol. The Labute approximate surface area is 133 Å². The average molecular weight is 318 g/mol. The lowest BCUT2D eigenvalue weighted by atomic mass is 10.2. The number of halogens is 1. The molecule has 0 aliphatic rings. The first-order chi connectivity index (χ1) is 10.6. The van der Waals surface area contributed by atoms with Crippen LogP contribution in [0.15, 0.2) is 48.7 Å². The summed E-state index contributed by atoms with van der Waals surface area (Å²) in [7, 11) is 0. The van der Waals surface area contributed by atoms with Crippen molar-refractivity contribution in [2.45, 2.75) is 19.5 Å². The van der Waals surface area contributed by atoms with E-state index in [9.17, 15) is 9.59 Å². The molecule has 1 aromatic heterocycles. The number of pyridine rings is 1. The van der Waals surface area contributed by atoms with Gasteiger partial charge in [-0.1, -0.05) is 29.8 Å². The molecule has 6 heteroatoms. The minimum Gasteiger partial charge on any atom is -0.349 e. The van der Waals surface area contributed by atoms with Gasteiger partial charge in [-0.3, -0.25) is 14.6 Å². The zero-order valence-electron chi connectivity index (χ0n) is 12.0. The van der Waals surface area contributed by atoms with Gasteiger partial charge < -0.3 is 10.6 Å². The Bertz CT molecular complexity index is 661. The summed E-state index contributed by atoms with van der Waals surface area (Å²) in [5.41, 5.74) is 1.09. The summed E-state index contributed by atoms with van der Waals surface area (Å²) < 4.78 is 0. The van der Waals surface area contributed by atoms with Crippen LogP contribution in [0, 0.1) is 0 Å². The maximum absolute atomic E-state index is 12.1. The summed E-state index contributed by atoms with van der Waals surface area (Å²) in [6.07, 6.45) is 1.66. The summed E-state index contributed by atoms with van der Waals surface area (Å²) in [6, 6.07) is 11.5. The number of nitrogens with zero attached hydrogens (tertiary/aromatic N) is 1. The van der Waals surface area contributed by atoms with E-state index in [0.29, 0.717) is 17.1 Å². The third-order valence-electron chi connectivity index (χ3n) is 3.03. The molecule has 22 heavy (non-hydrogen) atoms. The average Bonchev–Trinajstić information content (AvgIpc) is 2.53. The second kappa shape index (κ2) is 7.56. The molecule has 0 saturated heterocycles. The second-order valence-electron chi connectivity index (χ2n) is 4.71. The van der Waals surface area contributed by atoms with E-state index >= 15 is 0 Å². The number of benzene rings is 1. The number of aromatic nitrogens is 1. The van der Waals surface area contributed by atoms with Crippen molar-refractivity contribution in [1.82, 2.24) is 15.6 Å². The summed E-state index contributed by atoms with van der Waals surface area (Å²) >= 11 is 5.95. The molecule has 2 aromatic rings. The zero-order valence-corrected chi connectivity index (χ0v) is 12.8. The minimum atomic E-state index is -0.674. The molecule has 2 amide bonds. The fraction of sp³-hybridized carbons (Fsp3) is 0.188. The van der Waals surface area contributed by atoms with Gasteiger partial charge in [-0.25, -0.2) is 0 Å². The molecule has 0 saturated carbocycles. The standard InChI is InChI=1S/C16H16ClN3O2/c1-11(15(21)19-10-12-6-4-5-9-18-12)20-16(22)13-7-2-3-8-14(13)17/h2-9,11H,10H2,1H3,(H,19,21)(H,20,22)/t11-/m0/s1. The van der Waals surface area contributed by atoms with Gasteiger partial charge in [-0.15, -0.1) is 0 Å². The van der Waals surface area contributed by atoms with E-state index in [4.69, 9.17) is 11.6 Å². The van der Waals surface area contributed by atoms with Crippen molar-refractivity contribution in [3.63, 3.8) is 0 Å². The molecule has 0 spiro atoms. The molecule has 2 rings (SSSR count). The van der Waals surface area contributed by atoms with Crippen molar-refractivity contribution in [1.29, 1.82) is 0 Å². The Morgan fingerprint density at radius 2 is 1.91 bits per heavy atom. The highest BCUT2D eigenvalue weighted by Gasteiger charge is 2.17. The minimum absolute atomic E-state index is 0.286. The molecule has 0 aliphatic carbocycles. The highest BCUT2D eigenvalue weighted by Crippen LogP contribution is 2.14. The van der Waals surface area contributed by atoms with E-state index in [0.717, 1.165) is 5.69 Å². The summed E-state index contributed by atoms with van der Waals surface area (Å²) in [5.74, 6) is -0.669. The lowest BCUT2D eigenvalue weighted by molar-refractivity contribution is -0.122. The summed E-state index contributed by atoms with van der Waals surface area (Å²) in [5, 5.41) is 5.69. The number of nitrogens with one attached hydrogen (secondary N) is 2. The Morgan fingerprint density at radius 3 is 2.59 bits per heavy atom. The van der Waals surface area contributed by atoms with Crippen molar-refractivity contribution < 1.29 is 9.59 Å². The van der Waals surface area contributed by atoms with Gasteiger partial charge in [0.1, 0.15) is 6.04 Å². The Hall–Kier alpha value is -2.40. The van der Waals surface area contributed by atoms with Crippen molar-refractivity contribution >= 4 is 23.4 Å². The number of carbonyl (C=O) groups excluding carboxylic acids is 2. The molecule has 0 aliphatic heterocycles. The topological polar surface area (TPSA) is 71.1 Å².